The van der Waals surface area contributed by atoms with E-state index in [1.807, 2.05) is 18.2 Å². The van der Waals surface area contributed by atoms with E-state index in [9.17, 15) is 14.0 Å². The fourth-order valence-corrected chi connectivity index (χ4v) is 3.83. The molecule has 4 rings (SSSR count). The lowest BCUT2D eigenvalue weighted by atomic mass is 10.2. The minimum absolute atomic E-state index is 0.214. The van der Waals surface area contributed by atoms with Gasteiger partial charge in [0.1, 0.15) is 11.5 Å². The average Bonchev–Trinajstić information content (AvgIpc) is 3.06. The summed E-state index contributed by atoms with van der Waals surface area (Å²) in [4.78, 5) is 30.6. The van der Waals surface area contributed by atoms with Crippen molar-refractivity contribution < 1.29 is 14.0 Å². The number of hydrogen-bond donors (Lipinski definition) is 1. The van der Waals surface area contributed by atoms with Crippen molar-refractivity contribution in [2.45, 2.75) is 6.42 Å². The SMILES string of the molecule is O=C1C=C(NCCCN2CCN(c3ccc(F)cc3)CC2)C(=O)N1c1ccccc1. The van der Waals surface area contributed by atoms with E-state index in [4.69, 9.17) is 0 Å². The zero-order valence-corrected chi connectivity index (χ0v) is 16.8. The predicted octanol–water partition coefficient (Wildman–Crippen LogP) is 2.38. The van der Waals surface area contributed by atoms with E-state index >= 15 is 0 Å². The van der Waals surface area contributed by atoms with Gasteiger partial charge in [-0.1, -0.05) is 18.2 Å². The summed E-state index contributed by atoms with van der Waals surface area (Å²) in [6, 6.07) is 15.6. The van der Waals surface area contributed by atoms with Crippen molar-refractivity contribution in [3.05, 3.63) is 72.2 Å². The first-order valence-electron chi connectivity index (χ1n) is 10.2. The van der Waals surface area contributed by atoms with E-state index in [0.717, 1.165) is 44.8 Å². The number of amides is 2. The molecule has 1 N–H and O–H groups in total. The molecule has 1 saturated heterocycles. The second-order valence-electron chi connectivity index (χ2n) is 7.46. The highest BCUT2D eigenvalue weighted by molar-refractivity contribution is 6.30. The molecular weight excluding hydrogens is 383 g/mol. The molecule has 0 atom stereocenters. The van der Waals surface area contributed by atoms with Crippen LogP contribution in [0.25, 0.3) is 0 Å². The number of nitrogens with zero attached hydrogens (tertiary/aromatic N) is 3. The number of imide groups is 1. The van der Waals surface area contributed by atoms with Gasteiger partial charge in [0.25, 0.3) is 11.8 Å². The van der Waals surface area contributed by atoms with E-state index < -0.39 is 0 Å². The Balaban J connectivity index is 1.19. The maximum absolute atomic E-state index is 13.1. The molecule has 0 bridgehead atoms. The van der Waals surface area contributed by atoms with Gasteiger partial charge < -0.3 is 10.2 Å². The minimum atomic E-state index is -0.314. The van der Waals surface area contributed by atoms with Gasteiger partial charge in [-0.2, -0.15) is 0 Å². The Morgan fingerprint density at radius 2 is 1.57 bits per heavy atom. The summed E-state index contributed by atoms with van der Waals surface area (Å²) in [5, 5.41) is 3.12. The lowest BCUT2D eigenvalue weighted by Gasteiger charge is -2.36. The Labute approximate surface area is 175 Å². The third kappa shape index (κ3) is 4.52. The van der Waals surface area contributed by atoms with Gasteiger partial charge in [-0.25, -0.2) is 9.29 Å². The predicted molar refractivity (Wildman–Crippen MR) is 115 cm³/mol. The van der Waals surface area contributed by atoms with Crippen LogP contribution in [-0.2, 0) is 9.59 Å². The summed E-state index contributed by atoms with van der Waals surface area (Å²) in [7, 11) is 0. The summed E-state index contributed by atoms with van der Waals surface area (Å²) < 4.78 is 13.1. The fourth-order valence-electron chi connectivity index (χ4n) is 3.83. The molecule has 0 aliphatic carbocycles. The number of piperazine rings is 1. The normalized spacial score (nSPS) is 17.4. The van der Waals surface area contributed by atoms with Gasteiger partial charge in [-0.05, 0) is 49.4 Å². The third-order valence-corrected chi connectivity index (χ3v) is 5.47. The molecule has 2 amide bonds. The van der Waals surface area contributed by atoms with Crippen molar-refractivity contribution in [3.63, 3.8) is 0 Å². The van der Waals surface area contributed by atoms with Crippen LogP contribution in [-0.4, -0.2) is 56.0 Å². The molecule has 156 valence electrons. The smallest absolute Gasteiger partial charge is 0.281 e. The third-order valence-electron chi connectivity index (χ3n) is 5.47. The van der Waals surface area contributed by atoms with Crippen molar-refractivity contribution >= 4 is 23.2 Å². The quantitative estimate of drug-likeness (QED) is 0.563. The van der Waals surface area contributed by atoms with Gasteiger partial charge >= 0.3 is 0 Å². The molecule has 2 aromatic carbocycles. The largest absolute Gasteiger partial charge is 0.380 e. The van der Waals surface area contributed by atoms with Crippen LogP contribution in [0.4, 0.5) is 15.8 Å². The summed E-state index contributed by atoms with van der Waals surface area (Å²) in [5.74, 6) is -0.834. The van der Waals surface area contributed by atoms with Crippen molar-refractivity contribution in [1.82, 2.24) is 10.2 Å². The van der Waals surface area contributed by atoms with Crippen LogP contribution in [0, 0.1) is 5.82 Å². The number of halogens is 1. The van der Waals surface area contributed by atoms with Crippen molar-refractivity contribution in [2.75, 3.05) is 49.1 Å². The number of nitrogens with one attached hydrogen (secondary N) is 1. The summed E-state index contributed by atoms with van der Waals surface area (Å²) in [5.41, 5.74) is 1.99. The fraction of sp³-hybridized carbons (Fsp3) is 0.304. The lowest BCUT2D eigenvalue weighted by molar-refractivity contribution is -0.120. The molecule has 30 heavy (non-hydrogen) atoms. The topological polar surface area (TPSA) is 55.9 Å². The minimum Gasteiger partial charge on any atom is -0.380 e. The summed E-state index contributed by atoms with van der Waals surface area (Å²) >= 11 is 0. The van der Waals surface area contributed by atoms with Gasteiger partial charge in [0, 0.05) is 44.5 Å². The molecule has 0 aromatic heterocycles. The Morgan fingerprint density at radius 1 is 0.867 bits per heavy atom. The van der Waals surface area contributed by atoms with Gasteiger partial charge in [0.2, 0.25) is 0 Å². The van der Waals surface area contributed by atoms with Gasteiger partial charge in [0.05, 0.1) is 5.69 Å². The molecule has 0 unspecified atom stereocenters. The molecule has 2 aromatic rings. The number of benzene rings is 2. The first kappa shape index (κ1) is 20.1. The van der Waals surface area contributed by atoms with E-state index in [0.29, 0.717) is 17.9 Å². The number of para-hydroxylation sites is 1. The zero-order chi connectivity index (χ0) is 20.9. The number of carbonyl (C=O) groups is 2. The Morgan fingerprint density at radius 3 is 2.27 bits per heavy atom. The molecule has 2 aliphatic heterocycles. The molecule has 0 spiro atoms. The van der Waals surface area contributed by atoms with Crippen LogP contribution in [0.3, 0.4) is 0 Å². The Hall–Kier alpha value is -3.19. The maximum Gasteiger partial charge on any atom is 0.281 e. The molecular formula is C23H25FN4O2. The molecule has 2 heterocycles. The monoisotopic (exact) mass is 408 g/mol. The van der Waals surface area contributed by atoms with Crippen LogP contribution in [0.1, 0.15) is 6.42 Å². The highest BCUT2D eigenvalue weighted by atomic mass is 19.1. The second kappa shape index (κ2) is 9.09. The van der Waals surface area contributed by atoms with Crippen LogP contribution in [0.5, 0.6) is 0 Å². The lowest BCUT2D eigenvalue weighted by Crippen LogP contribution is -2.47. The number of rotatable bonds is 7. The molecule has 0 radical (unpaired) electrons. The molecule has 7 heteroatoms. The first-order valence-corrected chi connectivity index (χ1v) is 10.2. The van der Waals surface area contributed by atoms with Crippen LogP contribution in [0.15, 0.2) is 66.4 Å². The van der Waals surface area contributed by atoms with Crippen LogP contribution < -0.4 is 15.1 Å². The van der Waals surface area contributed by atoms with E-state index in [-0.39, 0.29) is 17.6 Å². The second-order valence-corrected chi connectivity index (χ2v) is 7.46. The maximum atomic E-state index is 13.1. The van der Waals surface area contributed by atoms with Crippen LogP contribution >= 0.6 is 0 Å². The van der Waals surface area contributed by atoms with E-state index in [1.54, 1.807) is 24.3 Å². The standard InChI is InChI=1S/C23H25FN4O2/c24-18-7-9-19(10-8-18)27-15-13-26(14-16-27)12-4-11-25-21-17-22(29)28(23(21)30)20-5-2-1-3-6-20/h1-3,5-10,17,25H,4,11-16H2. The van der Waals surface area contributed by atoms with Crippen molar-refractivity contribution in [3.8, 4) is 0 Å². The summed E-state index contributed by atoms with van der Waals surface area (Å²) in [6.07, 6.45) is 2.25. The Kier molecular flexibility index (Phi) is 6.09. The molecule has 0 saturated carbocycles. The zero-order valence-electron chi connectivity index (χ0n) is 16.8. The highest BCUT2D eigenvalue weighted by Crippen LogP contribution is 2.21. The summed E-state index contributed by atoms with van der Waals surface area (Å²) in [6.45, 7) is 5.25. The molecule has 2 aliphatic rings. The van der Waals surface area contributed by atoms with Gasteiger partial charge in [-0.3, -0.25) is 14.5 Å². The Bertz CT molecular complexity index is 922. The van der Waals surface area contributed by atoms with Crippen molar-refractivity contribution in [2.24, 2.45) is 0 Å². The van der Waals surface area contributed by atoms with E-state index in [2.05, 4.69) is 15.1 Å². The molecule has 1 fully saturated rings. The van der Waals surface area contributed by atoms with Crippen molar-refractivity contribution in [1.29, 1.82) is 0 Å². The van der Waals surface area contributed by atoms with E-state index in [1.165, 1.54) is 23.1 Å². The highest BCUT2D eigenvalue weighted by Gasteiger charge is 2.32. The number of hydrogen-bond acceptors (Lipinski definition) is 5. The number of carbonyl (C=O) groups excluding carboxylic acids is 2. The van der Waals surface area contributed by atoms with Crippen LogP contribution in [0.2, 0.25) is 0 Å². The first-order chi connectivity index (χ1) is 14.6. The molecule has 6 nitrogen and oxygen atoms in total. The average molecular weight is 408 g/mol. The number of anilines is 2. The van der Waals surface area contributed by atoms with Gasteiger partial charge in [0.15, 0.2) is 0 Å². The van der Waals surface area contributed by atoms with Gasteiger partial charge in [-0.15, -0.1) is 0 Å².